The van der Waals surface area contributed by atoms with Gasteiger partial charge in [-0.25, -0.2) is 18.7 Å². The number of halogens is 2. The van der Waals surface area contributed by atoms with Gasteiger partial charge in [0.1, 0.15) is 11.6 Å². The summed E-state index contributed by atoms with van der Waals surface area (Å²) >= 11 is 0. The van der Waals surface area contributed by atoms with Crippen LogP contribution in [0, 0.1) is 13.8 Å². The first-order chi connectivity index (χ1) is 13.4. The van der Waals surface area contributed by atoms with Crippen LogP contribution in [0.4, 0.5) is 14.6 Å². The van der Waals surface area contributed by atoms with Crippen molar-refractivity contribution in [3.8, 4) is 0 Å². The third-order valence-electron chi connectivity index (χ3n) is 5.51. The number of benzene rings is 1. The number of pyridine rings is 1. The Morgan fingerprint density at radius 1 is 1.24 bits per heavy atom. The van der Waals surface area contributed by atoms with Crippen LogP contribution in [-0.4, -0.2) is 14.5 Å². The van der Waals surface area contributed by atoms with Crippen molar-refractivity contribution in [3.05, 3.63) is 63.3 Å². The number of nitrogens with zero attached hydrogens (tertiary/aromatic N) is 3. The van der Waals surface area contributed by atoms with Gasteiger partial charge >= 0.3 is 0 Å². The minimum Gasteiger partial charge on any atom is -0.365 e. The molecule has 1 aromatic carbocycles. The summed E-state index contributed by atoms with van der Waals surface area (Å²) in [6.07, 6.45) is 2.45. The number of anilines is 1. The average Bonchev–Trinajstić information content (AvgIpc) is 2.59. The summed E-state index contributed by atoms with van der Waals surface area (Å²) in [7, 11) is 0. The van der Waals surface area contributed by atoms with Gasteiger partial charge in [-0.2, -0.15) is 0 Å². The predicted octanol–water partition coefficient (Wildman–Crippen LogP) is 5.32. The molecule has 5 nitrogen and oxygen atoms in total. The SMILES string of the molecule is C.Cc1nc(NCc2cccc(C(F)F)c2C)c2cn(C3CCC3)c(=O)cc2n1. The Morgan fingerprint density at radius 2 is 2.00 bits per heavy atom. The van der Waals surface area contributed by atoms with E-state index in [-0.39, 0.29) is 24.6 Å². The Kier molecular flexibility index (Phi) is 5.96. The third-order valence-corrected chi connectivity index (χ3v) is 5.51. The zero-order valence-corrected chi connectivity index (χ0v) is 15.9. The Labute approximate surface area is 168 Å². The second kappa shape index (κ2) is 8.27. The van der Waals surface area contributed by atoms with Gasteiger partial charge < -0.3 is 9.88 Å². The molecule has 0 spiro atoms. The maximum Gasteiger partial charge on any atom is 0.264 e. The molecule has 0 aliphatic heterocycles. The molecule has 2 heterocycles. The zero-order chi connectivity index (χ0) is 19.8. The van der Waals surface area contributed by atoms with Crippen molar-refractivity contribution in [2.24, 2.45) is 0 Å². The summed E-state index contributed by atoms with van der Waals surface area (Å²) in [5, 5.41) is 4.03. The minimum atomic E-state index is -2.50. The van der Waals surface area contributed by atoms with Gasteiger partial charge in [0.05, 0.1) is 10.9 Å². The van der Waals surface area contributed by atoms with E-state index in [1.165, 1.54) is 6.07 Å². The van der Waals surface area contributed by atoms with Gasteiger partial charge in [0.25, 0.3) is 12.0 Å². The molecule has 3 aromatic rings. The molecule has 1 aliphatic carbocycles. The highest BCUT2D eigenvalue weighted by Gasteiger charge is 2.21. The smallest absolute Gasteiger partial charge is 0.264 e. The van der Waals surface area contributed by atoms with Crippen molar-refractivity contribution in [1.29, 1.82) is 0 Å². The van der Waals surface area contributed by atoms with Crippen molar-refractivity contribution in [1.82, 2.24) is 14.5 Å². The van der Waals surface area contributed by atoms with E-state index >= 15 is 0 Å². The zero-order valence-electron chi connectivity index (χ0n) is 15.9. The fourth-order valence-corrected chi connectivity index (χ4v) is 3.63. The molecule has 4 rings (SSSR count). The predicted molar refractivity (Wildman–Crippen MR) is 112 cm³/mol. The Bertz CT molecular complexity index is 1090. The van der Waals surface area contributed by atoms with Crippen LogP contribution < -0.4 is 10.9 Å². The van der Waals surface area contributed by atoms with Gasteiger partial charge in [0.15, 0.2) is 0 Å². The van der Waals surface area contributed by atoms with Crippen LogP contribution in [0.5, 0.6) is 0 Å². The molecule has 0 bridgehead atoms. The quantitative estimate of drug-likeness (QED) is 0.630. The summed E-state index contributed by atoms with van der Waals surface area (Å²) in [6, 6.07) is 6.70. The lowest BCUT2D eigenvalue weighted by molar-refractivity contribution is 0.150. The molecule has 1 saturated carbocycles. The number of nitrogens with one attached hydrogen (secondary N) is 1. The maximum absolute atomic E-state index is 13.2. The molecule has 0 atom stereocenters. The molecule has 7 heteroatoms. The summed E-state index contributed by atoms with van der Waals surface area (Å²) in [5.74, 6) is 1.16. The van der Waals surface area contributed by atoms with E-state index in [2.05, 4.69) is 15.3 Å². The summed E-state index contributed by atoms with van der Waals surface area (Å²) < 4.78 is 28.1. The van der Waals surface area contributed by atoms with Gasteiger partial charge in [0, 0.05) is 30.4 Å². The molecule has 1 fully saturated rings. The molecule has 0 radical (unpaired) electrons. The first-order valence-corrected chi connectivity index (χ1v) is 9.45. The van der Waals surface area contributed by atoms with Crippen LogP contribution in [0.3, 0.4) is 0 Å². The number of fused-ring (bicyclic) bond motifs is 1. The Hall–Kier alpha value is -2.83. The van der Waals surface area contributed by atoms with E-state index in [0.29, 0.717) is 29.3 Å². The van der Waals surface area contributed by atoms with Crippen molar-refractivity contribution < 1.29 is 8.78 Å². The fourth-order valence-electron chi connectivity index (χ4n) is 3.63. The molecule has 154 valence electrons. The minimum absolute atomic E-state index is 0. The average molecular weight is 400 g/mol. The molecule has 0 saturated heterocycles. The molecule has 0 amide bonds. The highest BCUT2D eigenvalue weighted by Crippen LogP contribution is 2.32. The lowest BCUT2D eigenvalue weighted by atomic mass is 9.93. The van der Waals surface area contributed by atoms with Crippen LogP contribution in [0.1, 0.15) is 61.7 Å². The van der Waals surface area contributed by atoms with Crippen LogP contribution in [0.2, 0.25) is 0 Å². The monoisotopic (exact) mass is 400 g/mol. The van der Waals surface area contributed by atoms with E-state index in [9.17, 15) is 13.6 Å². The lowest BCUT2D eigenvalue weighted by Gasteiger charge is -2.27. The van der Waals surface area contributed by atoms with E-state index in [1.807, 2.05) is 12.3 Å². The number of aryl methyl sites for hydroxylation is 1. The molecule has 1 aliphatic rings. The highest BCUT2D eigenvalue weighted by molar-refractivity contribution is 5.88. The highest BCUT2D eigenvalue weighted by atomic mass is 19.3. The normalized spacial score (nSPS) is 14.0. The van der Waals surface area contributed by atoms with E-state index in [0.717, 1.165) is 30.2 Å². The lowest BCUT2D eigenvalue weighted by Crippen LogP contribution is -2.28. The first-order valence-electron chi connectivity index (χ1n) is 9.45. The van der Waals surface area contributed by atoms with Gasteiger partial charge in [-0.1, -0.05) is 25.6 Å². The van der Waals surface area contributed by atoms with Crippen molar-refractivity contribution in [2.75, 3.05) is 5.32 Å². The van der Waals surface area contributed by atoms with Crippen LogP contribution in [0.25, 0.3) is 10.9 Å². The first kappa shape index (κ1) is 20.9. The Balaban J connectivity index is 0.00000240. The number of hydrogen-bond donors (Lipinski definition) is 1. The standard InChI is InChI=1S/C21H22F2N4O.CH4/c1-12-14(5-3-8-16(12)20(22)23)10-24-21-17-11-27(15-6-4-7-15)19(28)9-18(17)25-13(2)26-21;/h3,5,8-9,11,15,20H,4,6-7,10H2,1-2H3,(H,24,25,26);1H4. The van der Waals surface area contributed by atoms with Crippen LogP contribution in [0.15, 0.2) is 35.3 Å². The number of aromatic nitrogens is 3. The second-order valence-corrected chi connectivity index (χ2v) is 7.31. The van der Waals surface area contributed by atoms with Gasteiger partial charge in [-0.05, 0) is 44.2 Å². The van der Waals surface area contributed by atoms with Gasteiger partial charge in [-0.15, -0.1) is 0 Å². The molecule has 0 unspecified atom stereocenters. The van der Waals surface area contributed by atoms with Crippen LogP contribution >= 0.6 is 0 Å². The van der Waals surface area contributed by atoms with E-state index < -0.39 is 6.43 Å². The molecule has 1 N–H and O–H groups in total. The third kappa shape index (κ3) is 3.99. The largest absolute Gasteiger partial charge is 0.365 e. The topological polar surface area (TPSA) is 59.8 Å². The molecule has 2 aromatic heterocycles. The van der Waals surface area contributed by atoms with Gasteiger partial charge in [0.2, 0.25) is 0 Å². The van der Waals surface area contributed by atoms with Gasteiger partial charge in [-0.3, -0.25) is 4.79 Å². The van der Waals surface area contributed by atoms with E-state index in [4.69, 9.17) is 0 Å². The summed E-state index contributed by atoms with van der Waals surface area (Å²) in [4.78, 5) is 21.3. The molecule has 29 heavy (non-hydrogen) atoms. The van der Waals surface area contributed by atoms with Crippen molar-refractivity contribution >= 4 is 16.7 Å². The summed E-state index contributed by atoms with van der Waals surface area (Å²) in [5.41, 5.74) is 1.94. The van der Waals surface area contributed by atoms with Crippen molar-refractivity contribution in [2.45, 2.75) is 59.5 Å². The van der Waals surface area contributed by atoms with Crippen LogP contribution in [-0.2, 0) is 6.54 Å². The number of alkyl halides is 2. The number of rotatable bonds is 5. The van der Waals surface area contributed by atoms with Crippen molar-refractivity contribution in [3.63, 3.8) is 0 Å². The fraction of sp³-hybridized carbons (Fsp3) is 0.409. The molecular formula is C22H26F2N4O. The summed E-state index contributed by atoms with van der Waals surface area (Å²) in [6.45, 7) is 3.83. The second-order valence-electron chi connectivity index (χ2n) is 7.31. The Morgan fingerprint density at radius 3 is 2.66 bits per heavy atom. The van der Waals surface area contributed by atoms with E-state index in [1.54, 1.807) is 30.5 Å². The number of hydrogen-bond acceptors (Lipinski definition) is 4. The maximum atomic E-state index is 13.2. The molecular weight excluding hydrogens is 374 g/mol.